The van der Waals surface area contributed by atoms with Crippen molar-refractivity contribution >= 4 is 11.7 Å². The molecule has 0 spiro atoms. The average Bonchev–Trinajstić information content (AvgIpc) is 2.35. The zero-order chi connectivity index (χ0) is 13.7. The highest BCUT2D eigenvalue weighted by Gasteiger charge is 2.20. The van der Waals surface area contributed by atoms with Gasteiger partial charge in [-0.05, 0) is 20.3 Å². The molecule has 1 rings (SSSR count). The standard InChI is InChI=1S/C14H19NO3/c1-10-4-6-12(7-5-10)13(17)14(18)15(3)9-8-11(2)16/h4-7,11,16H,8-9H2,1-3H3. The third kappa shape index (κ3) is 3.96. The van der Waals surface area contributed by atoms with Gasteiger partial charge in [0, 0.05) is 19.2 Å². The molecule has 0 saturated carbocycles. The van der Waals surface area contributed by atoms with Crippen LogP contribution >= 0.6 is 0 Å². The molecule has 1 aromatic carbocycles. The second-order valence-electron chi connectivity index (χ2n) is 4.56. The van der Waals surface area contributed by atoms with E-state index >= 15 is 0 Å². The van der Waals surface area contributed by atoms with E-state index in [1.165, 1.54) is 4.90 Å². The minimum Gasteiger partial charge on any atom is -0.393 e. The Labute approximate surface area is 107 Å². The van der Waals surface area contributed by atoms with Crippen LogP contribution in [-0.4, -0.2) is 41.4 Å². The van der Waals surface area contributed by atoms with Gasteiger partial charge in [-0.15, -0.1) is 0 Å². The molecule has 4 nitrogen and oxygen atoms in total. The molecule has 0 heterocycles. The largest absolute Gasteiger partial charge is 0.393 e. The molecule has 4 heteroatoms. The van der Waals surface area contributed by atoms with Gasteiger partial charge in [0.05, 0.1) is 6.10 Å². The van der Waals surface area contributed by atoms with E-state index in [2.05, 4.69) is 0 Å². The molecular weight excluding hydrogens is 230 g/mol. The first-order valence-electron chi connectivity index (χ1n) is 5.96. The van der Waals surface area contributed by atoms with Crippen molar-refractivity contribution in [2.24, 2.45) is 0 Å². The highest BCUT2D eigenvalue weighted by molar-refractivity contribution is 6.42. The Hall–Kier alpha value is -1.68. The summed E-state index contributed by atoms with van der Waals surface area (Å²) in [5.41, 5.74) is 1.44. The Kier molecular flexibility index (Phi) is 5.04. The van der Waals surface area contributed by atoms with Gasteiger partial charge in [-0.2, -0.15) is 0 Å². The van der Waals surface area contributed by atoms with Crippen molar-refractivity contribution in [1.82, 2.24) is 4.90 Å². The molecule has 0 aliphatic heterocycles. The lowest BCUT2D eigenvalue weighted by Gasteiger charge is -2.17. The predicted molar refractivity (Wildman–Crippen MR) is 69.4 cm³/mol. The Morgan fingerprint density at radius 2 is 1.83 bits per heavy atom. The van der Waals surface area contributed by atoms with Gasteiger partial charge in [0.2, 0.25) is 5.78 Å². The van der Waals surface area contributed by atoms with E-state index in [9.17, 15) is 9.59 Å². The van der Waals surface area contributed by atoms with Gasteiger partial charge in [0.15, 0.2) is 0 Å². The second kappa shape index (κ2) is 6.31. The molecule has 0 aromatic heterocycles. The van der Waals surface area contributed by atoms with Crippen molar-refractivity contribution in [3.05, 3.63) is 35.4 Å². The summed E-state index contributed by atoms with van der Waals surface area (Å²) in [7, 11) is 1.57. The molecule has 0 fully saturated rings. The zero-order valence-corrected chi connectivity index (χ0v) is 11.0. The summed E-state index contributed by atoms with van der Waals surface area (Å²) in [5, 5.41) is 9.15. The van der Waals surface area contributed by atoms with Crippen molar-refractivity contribution in [2.75, 3.05) is 13.6 Å². The molecule has 98 valence electrons. The third-order valence-electron chi connectivity index (χ3n) is 2.74. The van der Waals surface area contributed by atoms with Gasteiger partial charge in [-0.3, -0.25) is 9.59 Å². The number of ketones is 1. The monoisotopic (exact) mass is 249 g/mol. The zero-order valence-electron chi connectivity index (χ0n) is 11.0. The fraction of sp³-hybridized carbons (Fsp3) is 0.429. The number of carbonyl (C=O) groups excluding carboxylic acids is 2. The first kappa shape index (κ1) is 14.4. The van der Waals surface area contributed by atoms with Crippen molar-refractivity contribution in [3.8, 4) is 0 Å². The maximum absolute atomic E-state index is 11.9. The number of nitrogens with zero attached hydrogens (tertiary/aromatic N) is 1. The molecule has 0 aliphatic rings. The van der Waals surface area contributed by atoms with Gasteiger partial charge in [-0.1, -0.05) is 29.8 Å². The predicted octanol–water partition coefficient (Wildman–Crippen LogP) is 1.41. The van der Waals surface area contributed by atoms with Crippen LogP contribution in [0.15, 0.2) is 24.3 Å². The molecule has 18 heavy (non-hydrogen) atoms. The van der Waals surface area contributed by atoms with Crippen LogP contribution in [0, 0.1) is 6.92 Å². The van der Waals surface area contributed by atoms with E-state index in [-0.39, 0.29) is 0 Å². The lowest BCUT2D eigenvalue weighted by Crippen LogP contribution is -2.35. The number of aliphatic hydroxyl groups is 1. The number of hydrogen-bond acceptors (Lipinski definition) is 3. The van der Waals surface area contributed by atoms with Gasteiger partial charge in [-0.25, -0.2) is 0 Å². The minimum atomic E-state index is -0.542. The fourth-order valence-corrected chi connectivity index (χ4v) is 1.48. The first-order valence-corrected chi connectivity index (χ1v) is 5.96. The van der Waals surface area contributed by atoms with E-state index in [0.717, 1.165) is 5.56 Å². The molecule has 1 N–H and O–H groups in total. The van der Waals surface area contributed by atoms with Crippen molar-refractivity contribution in [1.29, 1.82) is 0 Å². The van der Waals surface area contributed by atoms with Crippen LogP contribution in [0.3, 0.4) is 0 Å². The molecule has 1 unspecified atom stereocenters. The molecule has 0 radical (unpaired) electrons. The van der Waals surface area contributed by atoms with Gasteiger partial charge in [0.25, 0.3) is 5.91 Å². The Morgan fingerprint density at radius 3 is 2.33 bits per heavy atom. The number of carbonyl (C=O) groups is 2. The summed E-state index contributed by atoms with van der Waals surface area (Å²) in [4.78, 5) is 25.1. The molecular formula is C14H19NO3. The number of likely N-dealkylation sites (N-methyl/N-ethyl adjacent to an activating group) is 1. The molecule has 1 amide bonds. The summed E-state index contributed by atoms with van der Waals surface area (Å²) in [6.45, 7) is 3.94. The maximum Gasteiger partial charge on any atom is 0.294 e. The summed E-state index contributed by atoms with van der Waals surface area (Å²) < 4.78 is 0. The van der Waals surface area contributed by atoms with E-state index in [1.54, 1.807) is 38.2 Å². The highest BCUT2D eigenvalue weighted by Crippen LogP contribution is 2.06. The summed E-state index contributed by atoms with van der Waals surface area (Å²) in [6, 6.07) is 6.91. The van der Waals surface area contributed by atoms with E-state index in [4.69, 9.17) is 5.11 Å². The molecule has 1 atom stereocenters. The van der Waals surface area contributed by atoms with Gasteiger partial charge < -0.3 is 10.0 Å². The van der Waals surface area contributed by atoms with E-state index in [1.807, 2.05) is 6.92 Å². The minimum absolute atomic E-state index is 0.369. The van der Waals surface area contributed by atoms with E-state index in [0.29, 0.717) is 18.5 Å². The number of benzene rings is 1. The summed E-state index contributed by atoms with van der Waals surface area (Å²) in [6.07, 6.45) is -0.0154. The Bertz CT molecular complexity index is 423. The molecule has 0 saturated heterocycles. The highest BCUT2D eigenvalue weighted by atomic mass is 16.3. The first-order chi connectivity index (χ1) is 8.41. The summed E-state index contributed by atoms with van der Waals surface area (Å²) >= 11 is 0. The van der Waals surface area contributed by atoms with Crippen molar-refractivity contribution < 1.29 is 14.7 Å². The number of Topliss-reactive ketones (excluding diaryl/α,β-unsaturated/α-hetero) is 1. The van der Waals surface area contributed by atoms with Crippen molar-refractivity contribution in [3.63, 3.8) is 0 Å². The van der Waals surface area contributed by atoms with Crippen LogP contribution in [0.2, 0.25) is 0 Å². The lowest BCUT2D eigenvalue weighted by molar-refractivity contribution is -0.125. The third-order valence-corrected chi connectivity index (χ3v) is 2.74. The molecule has 1 aromatic rings. The fourth-order valence-electron chi connectivity index (χ4n) is 1.48. The normalized spacial score (nSPS) is 12.0. The van der Waals surface area contributed by atoms with Crippen LogP contribution in [0.1, 0.15) is 29.3 Å². The topological polar surface area (TPSA) is 57.6 Å². The smallest absolute Gasteiger partial charge is 0.294 e. The van der Waals surface area contributed by atoms with Gasteiger partial charge >= 0.3 is 0 Å². The van der Waals surface area contributed by atoms with Crippen molar-refractivity contribution in [2.45, 2.75) is 26.4 Å². The number of hydrogen-bond donors (Lipinski definition) is 1. The Morgan fingerprint density at radius 1 is 1.28 bits per heavy atom. The van der Waals surface area contributed by atoms with Crippen LogP contribution in [0.25, 0.3) is 0 Å². The van der Waals surface area contributed by atoms with Crippen LogP contribution in [0.5, 0.6) is 0 Å². The summed E-state index contributed by atoms with van der Waals surface area (Å²) in [5.74, 6) is -1.05. The van der Waals surface area contributed by atoms with Crippen LogP contribution in [0.4, 0.5) is 0 Å². The SMILES string of the molecule is Cc1ccc(C(=O)C(=O)N(C)CCC(C)O)cc1. The molecule has 0 bridgehead atoms. The van der Waals surface area contributed by atoms with Crippen LogP contribution in [-0.2, 0) is 4.79 Å². The quantitative estimate of drug-likeness (QED) is 0.634. The maximum atomic E-state index is 11.9. The van der Waals surface area contributed by atoms with Crippen LogP contribution < -0.4 is 0 Å². The van der Waals surface area contributed by atoms with E-state index < -0.39 is 17.8 Å². The average molecular weight is 249 g/mol. The number of rotatable bonds is 5. The number of aliphatic hydroxyl groups excluding tert-OH is 1. The molecule has 0 aliphatic carbocycles. The van der Waals surface area contributed by atoms with Gasteiger partial charge in [0.1, 0.15) is 0 Å². The second-order valence-corrected chi connectivity index (χ2v) is 4.56. The number of amides is 1. The number of aryl methyl sites for hydroxylation is 1. The Balaban J connectivity index is 2.66. The lowest BCUT2D eigenvalue weighted by atomic mass is 10.1.